The van der Waals surface area contributed by atoms with E-state index in [9.17, 15) is 9.59 Å². The summed E-state index contributed by atoms with van der Waals surface area (Å²) in [4.78, 5) is 25.3. The molecule has 128 valence electrons. The Morgan fingerprint density at radius 1 is 1.39 bits per heavy atom. The number of carbonyl (C=O) groups is 2. The van der Waals surface area contributed by atoms with Gasteiger partial charge in [-0.15, -0.1) is 0 Å². The molecule has 2 heterocycles. The minimum atomic E-state index is -0.458. The highest BCUT2D eigenvalue weighted by Crippen LogP contribution is 2.74. The number of fused-ring (bicyclic) bond motifs is 4. The van der Waals surface area contributed by atoms with E-state index in [1.54, 1.807) is 0 Å². The second-order valence-electron chi connectivity index (χ2n) is 8.69. The molecule has 1 N–H and O–H groups in total. The molecule has 0 aromatic rings. The van der Waals surface area contributed by atoms with Gasteiger partial charge >= 0.3 is 11.9 Å². The first-order valence-corrected chi connectivity index (χ1v) is 8.86. The van der Waals surface area contributed by atoms with E-state index in [0.717, 1.165) is 12.8 Å². The molecule has 0 amide bonds. The SMILES string of the molecule is CCOC(=O)[C@H]1[C@H](C)[C@H]2N[C@]13[C@@H](OC2=O)[C@]1(C)CC[C@H]3C1(C)C. The average molecular weight is 321 g/mol. The summed E-state index contributed by atoms with van der Waals surface area (Å²) in [6.07, 6.45) is 1.87. The third-order valence-electron chi connectivity index (χ3n) is 7.88. The summed E-state index contributed by atoms with van der Waals surface area (Å²) in [5, 5.41) is 3.59. The molecule has 5 heteroatoms. The highest BCUT2D eigenvalue weighted by molar-refractivity contribution is 5.85. The van der Waals surface area contributed by atoms with Gasteiger partial charge in [0.05, 0.1) is 18.1 Å². The first kappa shape index (κ1) is 15.4. The first-order chi connectivity index (χ1) is 10.7. The van der Waals surface area contributed by atoms with Gasteiger partial charge in [0.15, 0.2) is 0 Å². The molecule has 4 rings (SSSR count). The molecular formula is C18H27NO4. The van der Waals surface area contributed by atoms with E-state index in [-0.39, 0.29) is 46.8 Å². The zero-order valence-electron chi connectivity index (χ0n) is 14.6. The number of rotatable bonds is 2. The van der Waals surface area contributed by atoms with Crippen LogP contribution in [0.25, 0.3) is 0 Å². The van der Waals surface area contributed by atoms with Crippen LogP contribution >= 0.6 is 0 Å². The quantitative estimate of drug-likeness (QED) is 0.787. The van der Waals surface area contributed by atoms with E-state index in [4.69, 9.17) is 9.47 Å². The minimum Gasteiger partial charge on any atom is -0.466 e. The monoisotopic (exact) mass is 321 g/mol. The summed E-state index contributed by atoms with van der Waals surface area (Å²) < 4.78 is 11.4. The van der Waals surface area contributed by atoms with Gasteiger partial charge in [0, 0.05) is 5.41 Å². The molecule has 2 aliphatic heterocycles. The molecule has 1 spiro atoms. The summed E-state index contributed by atoms with van der Waals surface area (Å²) in [6, 6.07) is -0.389. The molecule has 5 nitrogen and oxygen atoms in total. The standard InChI is InChI=1S/C18H27NO4/c1-6-22-13(20)11-9(2)12-14(21)23-15-17(5)8-7-10(16(17,3)4)18(11,15)19-12/h9-12,15,19H,6-8H2,1-5H3/t9-,10-,11+,12+,15-,17-,18-/m0/s1. The Balaban J connectivity index is 1.88. The van der Waals surface area contributed by atoms with E-state index < -0.39 is 5.54 Å². The molecule has 0 aromatic carbocycles. The second kappa shape index (κ2) is 4.29. The van der Waals surface area contributed by atoms with Crippen molar-refractivity contribution in [3.05, 3.63) is 0 Å². The Morgan fingerprint density at radius 3 is 2.74 bits per heavy atom. The van der Waals surface area contributed by atoms with Crippen molar-refractivity contribution in [3.63, 3.8) is 0 Å². The maximum absolute atomic E-state index is 12.8. The molecule has 2 aliphatic carbocycles. The van der Waals surface area contributed by atoms with E-state index in [1.807, 2.05) is 13.8 Å². The summed E-state index contributed by atoms with van der Waals surface area (Å²) in [5.41, 5.74) is -0.532. The van der Waals surface area contributed by atoms with Crippen LogP contribution in [-0.2, 0) is 19.1 Å². The van der Waals surface area contributed by atoms with Crippen molar-refractivity contribution in [2.24, 2.45) is 28.6 Å². The molecule has 4 fully saturated rings. The van der Waals surface area contributed by atoms with Crippen molar-refractivity contribution < 1.29 is 19.1 Å². The minimum absolute atomic E-state index is 0.0225. The van der Waals surface area contributed by atoms with Crippen LogP contribution in [0.3, 0.4) is 0 Å². The molecule has 4 bridgehead atoms. The van der Waals surface area contributed by atoms with Crippen LogP contribution in [0.1, 0.15) is 47.5 Å². The Hall–Kier alpha value is -1.10. The molecule has 7 atom stereocenters. The molecule has 0 aromatic heterocycles. The summed E-state index contributed by atoms with van der Waals surface area (Å²) in [7, 11) is 0. The van der Waals surface area contributed by atoms with Gasteiger partial charge < -0.3 is 9.47 Å². The maximum atomic E-state index is 12.8. The van der Waals surface area contributed by atoms with Gasteiger partial charge in [-0.2, -0.15) is 0 Å². The van der Waals surface area contributed by atoms with Crippen molar-refractivity contribution in [1.82, 2.24) is 5.32 Å². The van der Waals surface area contributed by atoms with Crippen molar-refractivity contribution >= 4 is 11.9 Å². The van der Waals surface area contributed by atoms with Crippen LogP contribution in [0, 0.1) is 28.6 Å². The fourth-order valence-electron chi connectivity index (χ4n) is 6.55. The van der Waals surface area contributed by atoms with Gasteiger partial charge in [-0.3, -0.25) is 14.9 Å². The number of esters is 2. The van der Waals surface area contributed by atoms with Crippen LogP contribution < -0.4 is 5.32 Å². The lowest BCUT2D eigenvalue weighted by Crippen LogP contribution is -2.67. The third kappa shape index (κ3) is 1.44. The number of nitrogens with one attached hydrogen (secondary N) is 1. The van der Waals surface area contributed by atoms with Gasteiger partial charge in [-0.25, -0.2) is 0 Å². The molecule has 23 heavy (non-hydrogen) atoms. The zero-order chi connectivity index (χ0) is 16.8. The van der Waals surface area contributed by atoms with Gasteiger partial charge in [0.2, 0.25) is 0 Å². The normalized spacial score (nSPS) is 52.2. The van der Waals surface area contributed by atoms with Crippen molar-refractivity contribution in [2.45, 2.75) is 65.1 Å². The number of carbonyl (C=O) groups excluding carboxylic acids is 2. The lowest BCUT2D eigenvalue weighted by atomic mass is 9.66. The number of hydrogen-bond acceptors (Lipinski definition) is 5. The van der Waals surface area contributed by atoms with Gasteiger partial charge in [0.1, 0.15) is 12.1 Å². The van der Waals surface area contributed by atoms with Crippen molar-refractivity contribution in [1.29, 1.82) is 0 Å². The van der Waals surface area contributed by atoms with Crippen LogP contribution in [0.2, 0.25) is 0 Å². The fraction of sp³-hybridized carbons (Fsp3) is 0.889. The lowest BCUT2D eigenvalue weighted by Gasteiger charge is -2.48. The van der Waals surface area contributed by atoms with Crippen LogP contribution in [-0.4, -0.2) is 36.2 Å². The highest BCUT2D eigenvalue weighted by atomic mass is 16.6. The number of ether oxygens (including phenoxy) is 2. The molecule has 2 saturated heterocycles. The summed E-state index contributed by atoms with van der Waals surface area (Å²) >= 11 is 0. The molecule has 0 radical (unpaired) electrons. The summed E-state index contributed by atoms with van der Waals surface area (Å²) in [6.45, 7) is 11.0. The molecular weight excluding hydrogens is 294 g/mol. The average Bonchev–Trinajstić information content (AvgIpc) is 2.91. The van der Waals surface area contributed by atoms with Crippen molar-refractivity contribution in [3.8, 4) is 0 Å². The molecule has 0 unspecified atom stereocenters. The Bertz CT molecular complexity index is 588. The molecule has 2 saturated carbocycles. The third-order valence-corrected chi connectivity index (χ3v) is 7.88. The predicted molar refractivity (Wildman–Crippen MR) is 83.4 cm³/mol. The second-order valence-corrected chi connectivity index (χ2v) is 8.69. The van der Waals surface area contributed by atoms with Gasteiger partial charge in [-0.05, 0) is 37.0 Å². The predicted octanol–water partition coefficient (Wildman–Crippen LogP) is 1.89. The summed E-state index contributed by atoms with van der Waals surface area (Å²) in [5.74, 6) is -0.458. The van der Waals surface area contributed by atoms with Crippen LogP contribution in [0.5, 0.6) is 0 Å². The van der Waals surface area contributed by atoms with E-state index in [1.165, 1.54) is 0 Å². The van der Waals surface area contributed by atoms with Crippen molar-refractivity contribution in [2.75, 3.05) is 6.61 Å². The molecule has 4 aliphatic rings. The maximum Gasteiger partial charge on any atom is 0.323 e. The number of morpholine rings is 1. The van der Waals surface area contributed by atoms with Gasteiger partial charge in [-0.1, -0.05) is 27.7 Å². The Labute approximate surface area is 137 Å². The van der Waals surface area contributed by atoms with E-state index >= 15 is 0 Å². The largest absolute Gasteiger partial charge is 0.466 e. The zero-order valence-corrected chi connectivity index (χ0v) is 14.6. The van der Waals surface area contributed by atoms with Gasteiger partial charge in [0.25, 0.3) is 0 Å². The Kier molecular flexibility index (Phi) is 2.88. The first-order valence-electron chi connectivity index (χ1n) is 8.86. The lowest BCUT2D eigenvalue weighted by molar-refractivity contribution is -0.177. The van der Waals surface area contributed by atoms with Crippen LogP contribution in [0.4, 0.5) is 0 Å². The van der Waals surface area contributed by atoms with E-state index in [0.29, 0.717) is 12.5 Å². The fourth-order valence-corrected chi connectivity index (χ4v) is 6.55. The van der Waals surface area contributed by atoms with E-state index in [2.05, 4.69) is 26.1 Å². The Morgan fingerprint density at radius 2 is 2.09 bits per heavy atom. The highest BCUT2D eigenvalue weighted by Gasteiger charge is 2.82. The number of hydrogen-bond donors (Lipinski definition) is 1. The van der Waals surface area contributed by atoms with Crippen LogP contribution in [0.15, 0.2) is 0 Å². The topological polar surface area (TPSA) is 64.6 Å². The smallest absolute Gasteiger partial charge is 0.323 e.